The Balaban J connectivity index is 1.72. The SMILES string of the molecule is COCCOCCC(=O)C1CCOC2(CCCCC2)C1. The predicted octanol–water partition coefficient (Wildman–Crippen LogP) is 2.74. The van der Waals surface area contributed by atoms with Gasteiger partial charge in [0.05, 0.1) is 25.4 Å². The fraction of sp³-hybridized carbons (Fsp3) is 0.938. The second-order valence-corrected chi connectivity index (χ2v) is 6.10. The minimum absolute atomic E-state index is 0.0216. The molecule has 0 N–H and O–H groups in total. The van der Waals surface area contributed by atoms with Gasteiger partial charge in [-0.1, -0.05) is 19.3 Å². The number of hydrogen-bond donors (Lipinski definition) is 0. The third kappa shape index (κ3) is 4.54. The summed E-state index contributed by atoms with van der Waals surface area (Å²) < 4.78 is 16.4. The van der Waals surface area contributed by atoms with E-state index in [1.54, 1.807) is 7.11 Å². The van der Waals surface area contributed by atoms with Crippen LogP contribution in [0.1, 0.15) is 51.4 Å². The van der Waals surface area contributed by atoms with E-state index < -0.39 is 0 Å². The molecule has 0 aromatic heterocycles. The molecule has 4 heteroatoms. The Morgan fingerprint density at radius 3 is 2.75 bits per heavy atom. The quantitative estimate of drug-likeness (QED) is 0.674. The molecule has 2 aliphatic rings. The van der Waals surface area contributed by atoms with Gasteiger partial charge in [0.15, 0.2) is 0 Å². The molecular formula is C16H28O4. The van der Waals surface area contributed by atoms with Crippen LogP contribution in [0.5, 0.6) is 0 Å². The molecule has 1 saturated heterocycles. The number of hydrogen-bond acceptors (Lipinski definition) is 4. The van der Waals surface area contributed by atoms with Crippen molar-refractivity contribution in [3.63, 3.8) is 0 Å². The fourth-order valence-corrected chi connectivity index (χ4v) is 3.47. The van der Waals surface area contributed by atoms with Crippen molar-refractivity contribution in [3.8, 4) is 0 Å². The van der Waals surface area contributed by atoms with Crippen LogP contribution in [-0.4, -0.2) is 44.9 Å². The third-order valence-corrected chi connectivity index (χ3v) is 4.64. The van der Waals surface area contributed by atoms with Gasteiger partial charge < -0.3 is 14.2 Å². The zero-order chi connectivity index (χ0) is 14.3. The highest BCUT2D eigenvalue weighted by atomic mass is 16.5. The summed E-state index contributed by atoms with van der Waals surface area (Å²) in [6.07, 6.45) is 8.45. The van der Waals surface area contributed by atoms with Crippen LogP contribution in [0.15, 0.2) is 0 Å². The first-order valence-corrected chi connectivity index (χ1v) is 7.99. The van der Waals surface area contributed by atoms with Crippen LogP contribution in [0, 0.1) is 5.92 Å². The molecule has 1 heterocycles. The fourth-order valence-electron chi connectivity index (χ4n) is 3.47. The maximum atomic E-state index is 12.3. The van der Waals surface area contributed by atoms with E-state index in [0.29, 0.717) is 32.0 Å². The summed E-state index contributed by atoms with van der Waals surface area (Å²) in [6, 6.07) is 0. The number of methoxy groups -OCH3 is 1. The number of ether oxygens (including phenoxy) is 3. The number of ketones is 1. The highest BCUT2D eigenvalue weighted by Crippen LogP contribution is 2.41. The average molecular weight is 284 g/mol. The minimum Gasteiger partial charge on any atom is -0.382 e. The van der Waals surface area contributed by atoms with Crippen molar-refractivity contribution in [1.82, 2.24) is 0 Å². The first-order chi connectivity index (χ1) is 9.76. The smallest absolute Gasteiger partial charge is 0.138 e. The number of carbonyl (C=O) groups is 1. The molecule has 2 fully saturated rings. The van der Waals surface area contributed by atoms with E-state index in [4.69, 9.17) is 14.2 Å². The van der Waals surface area contributed by atoms with Gasteiger partial charge in [-0.2, -0.15) is 0 Å². The normalized spacial score (nSPS) is 25.8. The van der Waals surface area contributed by atoms with Crippen molar-refractivity contribution in [2.75, 3.05) is 33.5 Å². The highest BCUT2D eigenvalue weighted by molar-refractivity contribution is 5.81. The van der Waals surface area contributed by atoms with E-state index in [-0.39, 0.29) is 11.5 Å². The summed E-state index contributed by atoms with van der Waals surface area (Å²) in [7, 11) is 1.65. The van der Waals surface area contributed by atoms with Gasteiger partial charge in [0, 0.05) is 26.1 Å². The first-order valence-electron chi connectivity index (χ1n) is 7.99. The van der Waals surface area contributed by atoms with Crippen LogP contribution >= 0.6 is 0 Å². The van der Waals surface area contributed by atoms with E-state index in [0.717, 1.165) is 32.3 Å². The summed E-state index contributed by atoms with van der Waals surface area (Å²) in [4.78, 5) is 12.3. The van der Waals surface area contributed by atoms with Gasteiger partial charge in [0.25, 0.3) is 0 Å². The highest BCUT2D eigenvalue weighted by Gasteiger charge is 2.40. The van der Waals surface area contributed by atoms with Gasteiger partial charge >= 0.3 is 0 Å². The molecule has 1 atom stereocenters. The van der Waals surface area contributed by atoms with Gasteiger partial charge in [0.1, 0.15) is 5.78 Å². The Bertz CT molecular complexity index is 291. The van der Waals surface area contributed by atoms with E-state index >= 15 is 0 Å². The average Bonchev–Trinajstić information content (AvgIpc) is 2.48. The van der Waals surface area contributed by atoms with E-state index in [1.807, 2.05) is 0 Å². The molecule has 116 valence electrons. The summed E-state index contributed by atoms with van der Waals surface area (Å²) in [5.74, 6) is 0.545. The van der Waals surface area contributed by atoms with Crippen LogP contribution in [-0.2, 0) is 19.0 Å². The van der Waals surface area contributed by atoms with Crippen LogP contribution in [0.25, 0.3) is 0 Å². The third-order valence-electron chi connectivity index (χ3n) is 4.64. The molecule has 4 nitrogen and oxygen atoms in total. The lowest BCUT2D eigenvalue weighted by atomic mass is 9.75. The number of rotatable bonds is 7. The number of carbonyl (C=O) groups excluding carboxylic acids is 1. The van der Waals surface area contributed by atoms with E-state index in [2.05, 4.69) is 0 Å². The van der Waals surface area contributed by atoms with Gasteiger partial charge in [0.2, 0.25) is 0 Å². The van der Waals surface area contributed by atoms with E-state index in [9.17, 15) is 4.79 Å². The van der Waals surface area contributed by atoms with Gasteiger partial charge in [-0.15, -0.1) is 0 Å². The number of Topliss-reactive ketones (excluding diaryl/α,β-unsaturated/α-hetero) is 1. The van der Waals surface area contributed by atoms with Gasteiger partial charge in [-0.05, 0) is 25.7 Å². The summed E-state index contributed by atoms with van der Waals surface area (Å²) in [5.41, 5.74) is 0.0216. The van der Waals surface area contributed by atoms with Crippen LogP contribution in [0.3, 0.4) is 0 Å². The molecule has 0 amide bonds. The summed E-state index contributed by atoms with van der Waals surface area (Å²) >= 11 is 0. The largest absolute Gasteiger partial charge is 0.382 e. The van der Waals surface area contributed by atoms with Gasteiger partial charge in [-0.25, -0.2) is 0 Å². The van der Waals surface area contributed by atoms with Crippen molar-refractivity contribution < 1.29 is 19.0 Å². The molecule has 0 aromatic rings. The molecule has 20 heavy (non-hydrogen) atoms. The van der Waals surface area contributed by atoms with Crippen molar-refractivity contribution in [3.05, 3.63) is 0 Å². The lowest BCUT2D eigenvalue weighted by Crippen LogP contribution is -2.43. The Hall–Kier alpha value is -0.450. The second kappa shape index (κ2) is 8.11. The monoisotopic (exact) mass is 284 g/mol. The standard InChI is InChI=1S/C16H28O4/c1-18-11-12-19-9-6-15(17)14-5-10-20-16(13-14)7-3-2-4-8-16/h14H,2-13H2,1H3. The Labute approximate surface area is 122 Å². The Morgan fingerprint density at radius 2 is 2.00 bits per heavy atom. The van der Waals surface area contributed by atoms with Crippen LogP contribution < -0.4 is 0 Å². The molecule has 1 aliphatic heterocycles. The Morgan fingerprint density at radius 1 is 1.20 bits per heavy atom. The lowest BCUT2D eigenvalue weighted by Gasteiger charge is -2.43. The second-order valence-electron chi connectivity index (χ2n) is 6.10. The topological polar surface area (TPSA) is 44.8 Å². The molecule has 0 radical (unpaired) electrons. The molecule has 1 spiro atoms. The van der Waals surface area contributed by atoms with E-state index in [1.165, 1.54) is 19.3 Å². The maximum Gasteiger partial charge on any atom is 0.138 e. The molecular weight excluding hydrogens is 256 g/mol. The van der Waals surface area contributed by atoms with Crippen molar-refractivity contribution in [2.45, 2.75) is 57.0 Å². The van der Waals surface area contributed by atoms with Crippen LogP contribution in [0.4, 0.5) is 0 Å². The first kappa shape index (κ1) is 15.9. The van der Waals surface area contributed by atoms with Crippen molar-refractivity contribution in [2.24, 2.45) is 5.92 Å². The van der Waals surface area contributed by atoms with Crippen molar-refractivity contribution >= 4 is 5.78 Å². The summed E-state index contributed by atoms with van der Waals surface area (Å²) in [6.45, 7) is 2.43. The minimum atomic E-state index is 0.0216. The molecule has 0 aromatic carbocycles. The zero-order valence-electron chi connectivity index (χ0n) is 12.7. The predicted molar refractivity (Wildman–Crippen MR) is 76.8 cm³/mol. The molecule has 1 aliphatic carbocycles. The summed E-state index contributed by atoms with van der Waals surface area (Å²) in [5, 5.41) is 0. The maximum absolute atomic E-state index is 12.3. The zero-order valence-corrected chi connectivity index (χ0v) is 12.7. The van der Waals surface area contributed by atoms with Crippen LogP contribution in [0.2, 0.25) is 0 Å². The molecule has 1 saturated carbocycles. The molecule has 0 bridgehead atoms. The molecule has 2 rings (SSSR count). The van der Waals surface area contributed by atoms with Gasteiger partial charge in [-0.3, -0.25) is 4.79 Å². The Kier molecular flexibility index (Phi) is 6.46. The van der Waals surface area contributed by atoms with Crippen molar-refractivity contribution in [1.29, 1.82) is 0 Å². The lowest BCUT2D eigenvalue weighted by molar-refractivity contribution is -0.143. The molecule has 1 unspecified atom stereocenters.